The molecule has 6 heteroatoms. The first kappa shape index (κ1) is 21.2. The zero-order chi connectivity index (χ0) is 22.1. The van der Waals surface area contributed by atoms with E-state index in [0.29, 0.717) is 30.0 Å². The second-order valence-corrected chi connectivity index (χ2v) is 8.74. The van der Waals surface area contributed by atoms with Crippen LogP contribution in [0.15, 0.2) is 36.4 Å². The van der Waals surface area contributed by atoms with Crippen LogP contribution < -0.4 is 14.8 Å². The minimum Gasteiger partial charge on any atom is -0.493 e. The molecule has 2 amide bonds. The summed E-state index contributed by atoms with van der Waals surface area (Å²) >= 11 is 0. The van der Waals surface area contributed by atoms with Crippen molar-refractivity contribution in [3.8, 4) is 11.5 Å². The number of nitrogens with one attached hydrogen (secondary N) is 1. The summed E-state index contributed by atoms with van der Waals surface area (Å²) in [6, 6.07) is 11.0. The second-order valence-electron chi connectivity index (χ2n) is 8.74. The number of rotatable bonds is 7. The third kappa shape index (κ3) is 3.99. The van der Waals surface area contributed by atoms with E-state index in [9.17, 15) is 9.59 Å². The molecular formula is C25H30N2O4. The minimum atomic E-state index is -0.496. The Bertz CT molecular complexity index is 1000. The van der Waals surface area contributed by atoms with Crippen molar-refractivity contribution in [2.75, 3.05) is 14.2 Å². The van der Waals surface area contributed by atoms with Gasteiger partial charge in [0.15, 0.2) is 11.5 Å². The van der Waals surface area contributed by atoms with Gasteiger partial charge in [-0.25, -0.2) is 0 Å². The van der Waals surface area contributed by atoms with Crippen molar-refractivity contribution >= 4 is 11.8 Å². The van der Waals surface area contributed by atoms with Gasteiger partial charge in [0.05, 0.1) is 20.3 Å². The van der Waals surface area contributed by atoms with E-state index in [-0.39, 0.29) is 23.8 Å². The average molecular weight is 423 g/mol. The zero-order valence-electron chi connectivity index (χ0n) is 18.6. The van der Waals surface area contributed by atoms with Crippen molar-refractivity contribution in [1.82, 2.24) is 10.2 Å². The smallest absolute Gasteiger partial charge is 0.255 e. The lowest BCUT2D eigenvalue weighted by Crippen LogP contribution is -2.48. The Hall–Kier alpha value is -3.02. The number of benzene rings is 2. The maximum Gasteiger partial charge on any atom is 0.255 e. The third-order valence-corrected chi connectivity index (χ3v) is 6.26. The Balaban J connectivity index is 1.56. The number of amides is 2. The molecule has 1 N–H and O–H groups in total. The highest BCUT2D eigenvalue weighted by molar-refractivity contribution is 6.01. The van der Waals surface area contributed by atoms with E-state index in [2.05, 4.69) is 19.2 Å². The van der Waals surface area contributed by atoms with Gasteiger partial charge in [-0.15, -0.1) is 0 Å². The van der Waals surface area contributed by atoms with Crippen LogP contribution in [0.2, 0.25) is 0 Å². The van der Waals surface area contributed by atoms with Crippen molar-refractivity contribution in [3.63, 3.8) is 0 Å². The molecule has 2 aromatic rings. The molecule has 164 valence electrons. The van der Waals surface area contributed by atoms with Crippen LogP contribution in [0.3, 0.4) is 0 Å². The van der Waals surface area contributed by atoms with Gasteiger partial charge in [0.1, 0.15) is 6.04 Å². The maximum absolute atomic E-state index is 13.4. The highest BCUT2D eigenvalue weighted by Crippen LogP contribution is 2.39. The number of aryl methyl sites for hydroxylation is 1. The van der Waals surface area contributed by atoms with E-state index in [1.165, 1.54) is 0 Å². The molecule has 0 aromatic heterocycles. The number of fused-ring (bicyclic) bond motifs is 2. The molecule has 0 saturated carbocycles. The van der Waals surface area contributed by atoms with Crippen molar-refractivity contribution in [3.05, 3.63) is 58.7 Å². The molecule has 2 aromatic carbocycles. The van der Waals surface area contributed by atoms with Crippen molar-refractivity contribution < 1.29 is 19.1 Å². The summed E-state index contributed by atoms with van der Waals surface area (Å²) in [6.07, 6.45) is 2.31. The lowest BCUT2D eigenvalue weighted by Gasteiger charge is -2.29. The molecule has 0 radical (unpaired) electrons. The first-order valence-corrected chi connectivity index (χ1v) is 10.9. The number of hydrogen-bond donors (Lipinski definition) is 1. The molecule has 4 rings (SSSR count). The van der Waals surface area contributed by atoms with Crippen LogP contribution in [-0.4, -0.2) is 37.0 Å². The van der Waals surface area contributed by atoms with Crippen LogP contribution in [0.1, 0.15) is 59.8 Å². The summed E-state index contributed by atoms with van der Waals surface area (Å²) in [7, 11) is 3.24. The molecule has 1 unspecified atom stereocenters. The average Bonchev–Trinajstić information content (AvgIpc) is 3.31. The number of hydrogen-bond acceptors (Lipinski definition) is 4. The normalized spacial score (nSPS) is 18.0. The van der Waals surface area contributed by atoms with E-state index in [1.807, 2.05) is 36.4 Å². The molecule has 2 atom stereocenters. The number of nitrogens with zero attached hydrogens (tertiary/aromatic N) is 1. The predicted octanol–water partition coefficient (Wildman–Crippen LogP) is 3.88. The Morgan fingerprint density at radius 3 is 2.52 bits per heavy atom. The monoisotopic (exact) mass is 422 g/mol. The molecule has 6 nitrogen and oxygen atoms in total. The number of carbonyl (C=O) groups excluding carboxylic acids is 2. The number of carbonyl (C=O) groups is 2. The van der Waals surface area contributed by atoms with Crippen molar-refractivity contribution in [1.29, 1.82) is 0 Å². The molecule has 1 aliphatic carbocycles. The van der Waals surface area contributed by atoms with Crippen LogP contribution >= 0.6 is 0 Å². The topological polar surface area (TPSA) is 67.9 Å². The molecule has 2 aliphatic rings. The fourth-order valence-electron chi connectivity index (χ4n) is 4.70. The van der Waals surface area contributed by atoms with Crippen molar-refractivity contribution in [2.24, 2.45) is 5.92 Å². The van der Waals surface area contributed by atoms with Gasteiger partial charge in [0.25, 0.3) is 5.91 Å². The third-order valence-electron chi connectivity index (χ3n) is 6.26. The molecule has 0 fully saturated rings. The van der Waals surface area contributed by atoms with Crippen LogP contribution in [0.4, 0.5) is 0 Å². The highest BCUT2D eigenvalue weighted by atomic mass is 16.5. The maximum atomic E-state index is 13.4. The molecule has 0 saturated heterocycles. The summed E-state index contributed by atoms with van der Waals surface area (Å²) in [6.45, 7) is 4.64. The van der Waals surface area contributed by atoms with Crippen molar-refractivity contribution in [2.45, 2.75) is 51.7 Å². The zero-order valence-corrected chi connectivity index (χ0v) is 18.6. The standard InChI is InChI=1S/C25H30N2O4/c1-15(2)11-21(27-14-17-7-5-6-8-18(17)25(27)29)24(28)26-20-10-9-16-12-22(30-3)23(31-4)13-19(16)20/h5-8,12-13,15,20-21H,9-11,14H2,1-4H3,(H,26,28)/t20?,21-/m0/s1. The first-order valence-electron chi connectivity index (χ1n) is 10.9. The summed E-state index contributed by atoms with van der Waals surface area (Å²) in [5, 5.41) is 3.22. The summed E-state index contributed by atoms with van der Waals surface area (Å²) in [5.74, 6) is 1.49. The highest BCUT2D eigenvalue weighted by Gasteiger charge is 2.38. The van der Waals surface area contributed by atoms with Gasteiger partial charge in [-0.1, -0.05) is 32.0 Å². The fraction of sp³-hybridized carbons (Fsp3) is 0.440. The van der Waals surface area contributed by atoms with Crippen LogP contribution in [0.5, 0.6) is 11.5 Å². The Morgan fingerprint density at radius 1 is 1.13 bits per heavy atom. The molecule has 1 heterocycles. The van der Waals surface area contributed by atoms with E-state index in [0.717, 1.165) is 29.5 Å². The Kier molecular flexibility index (Phi) is 5.90. The molecular weight excluding hydrogens is 392 g/mol. The molecule has 0 spiro atoms. The largest absolute Gasteiger partial charge is 0.493 e. The van der Waals surface area contributed by atoms with Gasteiger partial charge in [0.2, 0.25) is 5.91 Å². The Labute approximate surface area is 183 Å². The fourth-order valence-corrected chi connectivity index (χ4v) is 4.70. The van der Waals surface area contributed by atoms with E-state index < -0.39 is 6.04 Å². The minimum absolute atomic E-state index is 0.0605. The van der Waals surface area contributed by atoms with Crippen LogP contribution in [-0.2, 0) is 17.8 Å². The SMILES string of the molecule is COc1cc2c(cc1OC)C(NC(=O)[C@H](CC(C)C)N1Cc3ccccc3C1=O)CC2. The van der Waals surface area contributed by atoms with E-state index in [1.54, 1.807) is 19.1 Å². The summed E-state index contributed by atoms with van der Waals surface area (Å²) in [5.41, 5.74) is 3.91. The summed E-state index contributed by atoms with van der Waals surface area (Å²) in [4.78, 5) is 28.2. The van der Waals surface area contributed by atoms with Gasteiger partial charge >= 0.3 is 0 Å². The van der Waals surface area contributed by atoms with E-state index >= 15 is 0 Å². The molecule has 1 aliphatic heterocycles. The first-order chi connectivity index (χ1) is 14.9. The Morgan fingerprint density at radius 2 is 1.84 bits per heavy atom. The van der Waals surface area contributed by atoms with E-state index in [4.69, 9.17) is 9.47 Å². The van der Waals surface area contributed by atoms with Gasteiger partial charge in [-0.05, 0) is 60.1 Å². The van der Waals surface area contributed by atoms with Gasteiger partial charge < -0.3 is 19.7 Å². The quantitative estimate of drug-likeness (QED) is 0.735. The van der Waals surface area contributed by atoms with Crippen LogP contribution in [0.25, 0.3) is 0 Å². The molecule has 0 bridgehead atoms. The lowest BCUT2D eigenvalue weighted by molar-refractivity contribution is -0.127. The predicted molar refractivity (Wildman–Crippen MR) is 118 cm³/mol. The van der Waals surface area contributed by atoms with Gasteiger partial charge in [0, 0.05) is 12.1 Å². The van der Waals surface area contributed by atoms with Gasteiger partial charge in [-0.2, -0.15) is 0 Å². The summed E-state index contributed by atoms with van der Waals surface area (Å²) < 4.78 is 10.9. The lowest BCUT2D eigenvalue weighted by atomic mass is 10.0. The number of methoxy groups -OCH3 is 2. The number of ether oxygens (including phenoxy) is 2. The molecule has 31 heavy (non-hydrogen) atoms. The van der Waals surface area contributed by atoms with Gasteiger partial charge in [-0.3, -0.25) is 9.59 Å². The van der Waals surface area contributed by atoms with Crippen LogP contribution in [0, 0.1) is 5.92 Å². The second kappa shape index (κ2) is 8.61.